The second-order valence-corrected chi connectivity index (χ2v) is 6.26. The molecule has 104 valence electrons. The number of rotatable bonds is 2. The van der Waals surface area contributed by atoms with Crippen molar-refractivity contribution in [3.8, 4) is 5.75 Å². The van der Waals surface area contributed by atoms with Crippen molar-refractivity contribution in [1.82, 2.24) is 0 Å². The van der Waals surface area contributed by atoms with Gasteiger partial charge in [0.25, 0.3) is 0 Å². The van der Waals surface area contributed by atoms with Gasteiger partial charge in [0.2, 0.25) is 0 Å². The van der Waals surface area contributed by atoms with Crippen molar-refractivity contribution in [2.24, 2.45) is 0 Å². The first kappa shape index (κ1) is 13.7. The summed E-state index contributed by atoms with van der Waals surface area (Å²) < 4.78 is 14.0. The monoisotopic (exact) mass is 383 g/mol. The van der Waals surface area contributed by atoms with Gasteiger partial charge in [-0.1, -0.05) is 6.07 Å². The first-order chi connectivity index (χ1) is 9.63. The van der Waals surface area contributed by atoms with Gasteiger partial charge in [0.05, 0.1) is 6.04 Å². The van der Waals surface area contributed by atoms with Gasteiger partial charge in [-0.3, -0.25) is 0 Å². The number of hydrogen-bond acceptors (Lipinski definition) is 2. The van der Waals surface area contributed by atoms with Crippen LogP contribution in [0.2, 0.25) is 0 Å². The highest BCUT2D eigenvalue weighted by atomic mass is 127. The Labute approximate surface area is 131 Å². The molecule has 0 aromatic heterocycles. The molecule has 0 heterocycles. The van der Waals surface area contributed by atoms with Crippen LogP contribution in [0.3, 0.4) is 0 Å². The summed E-state index contributed by atoms with van der Waals surface area (Å²) in [5.41, 5.74) is 3.39. The van der Waals surface area contributed by atoms with Gasteiger partial charge in [0.1, 0.15) is 11.6 Å². The van der Waals surface area contributed by atoms with Crippen LogP contribution in [-0.4, -0.2) is 5.11 Å². The highest BCUT2D eigenvalue weighted by molar-refractivity contribution is 14.1. The Hall–Kier alpha value is -1.30. The summed E-state index contributed by atoms with van der Waals surface area (Å²) in [5, 5.41) is 13.1. The summed E-state index contributed by atoms with van der Waals surface area (Å²) in [6.07, 6.45) is 3.14. The molecule has 2 nitrogen and oxygen atoms in total. The van der Waals surface area contributed by atoms with E-state index in [2.05, 4.69) is 27.9 Å². The molecule has 0 aliphatic heterocycles. The summed E-state index contributed by atoms with van der Waals surface area (Å²) in [4.78, 5) is 0. The summed E-state index contributed by atoms with van der Waals surface area (Å²) in [5.74, 6) is 0.106. The largest absolute Gasteiger partial charge is 0.508 e. The van der Waals surface area contributed by atoms with Gasteiger partial charge in [0, 0.05) is 9.26 Å². The molecule has 1 unspecified atom stereocenters. The zero-order valence-electron chi connectivity index (χ0n) is 10.9. The number of anilines is 1. The number of phenols is 1. The SMILES string of the molecule is Oc1ccc2c(c1)CCCC2Nc1ccc(F)cc1I. The van der Waals surface area contributed by atoms with Gasteiger partial charge in [-0.2, -0.15) is 0 Å². The third kappa shape index (κ3) is 2.75. The van der Waals surface area contributed by atoms with E-state index in [4.69, 9.17) is 0 Å². The molecule has 2 aromatic rings. The number of aromatic hydroxyl groups is 1. The van der Waals surface area contributed by atoms with E-state index in [1.807, 2.05) is 12.1 Å². The third-order valence-corrected chi connectivity index (χ3v) is 4.59. The average molecular weight is 383 g/mol. The van der Waals surface area contributed by atoms with Crippen LogP contribution in [0.4, 0.5) is 10.1 Å². The molecule has 0 saturated heterocycles. The predicted molar refractivity (Wildman–Crippen MR) is 86.5 cm³/mol. The number of fused-ring (bicyclic) bond motifs is 1. The minimum atomic E-state index is -0.214. The maximum Gasteiger partial charge on any atom is 0.124 e. The van der Waals surface area contributed by atoms with Crippen LogP contribution in [0.15, 0.2) is 36.4 Å². The second-order valence-electron chi connectivity index (χ2n) is 5.10. The minimum Gasteiger partial charge on any atom is -0.508 e. The first-order valence-electron chi connectivity index (χ1n) is 6.67. The maximum absolute atomic E-state index is 13.1. The van der Waals surface area contributed by atoms with Crippen molar-refractivity contribution in [2.75, 3.05) is 5.32 Å². The molecule has 1 aliphatic carbocycles. The molecular formula is C16H15FINO. The van der Waals surface area contributed by atoms with E-state index in [9.17, 15) is 9.50 Å². The van der Waals surface area contributed by atoms with Crippen molar-refractivity contribution in [2.45, 2.75) is 25.3 Å². The fraction of sp³-hybridized carbons (Fsp3) is 0.250. The Morgan fingerprint density at radius 3 is 2.85 bits per heavy atom. The molecule has 0 saturated carbocycles. The first-order valence-corrected chi connectivity index (χ1v) is 7.75. The van der Waals surface area contributed by atoms with Crippen LogP contribution in [0.5, 0.6) is 5.75 Å². The average Bonchev–Trinajstić information content (AvgIpc) is 2.41. The van der Waals surface area contributed by atoms with Crippen molar-refractivity contribution < 1.29 is 9.50 Å². The Morgan fingerprint density at radius 2 is 2.05 bits per heavy atom. The maximum atomic E-state index is 13.1. The molecule has 0 fully saturated rings. The zero-order chi connectivity index (χ0) is 14.1. The van der Waals surface area contributed by atoms with Crippen molar-refractivity contribution >= 4 is 28.3 Å². The Balaban J connectivity index is 1.89. The van der Waals surface area contributed by atoms with E-state index in [-0.39, 0.29) is 11.9 Å². The van der Waals surface area contributed by atoms with Crippen LogP contribution < -0.4 is 5.32 Å². The van der Waals surface area contributed by atoms with Crippen LogP contribution >= 0.6 is 22.6 Å². The zero-order valence-corrected chi connectivity index (χ0v) is 13.0. The lowest BCUT2D eigenvalue weighted by atomic mass is 9.87. The van der Waals surface area contributed by atoms with E-state index in [0.717, 1.165) is 28.5 Å². The number of hydrogen-bond donors (Lipinski definition) is 2. The van der Waals surface area contributed by atoms with Crippen LogP contribution in [0.25, 0.3) is 0 Å². The van der Waals surface area contributed by atoms with E-state index in [1.54, 1.807) is 12.1 Å². The van der Waals surface area contributed by atoms with Gasteiger partial charge < -0.3 is 10.4 Å². The lowest BCUT2D eigenvalue weighted by Crippen LogP contribution is -2.17. The fourth-order valence-electron chi connectivity index (χ4n) is 2.74. The lowest BCUT2D eigenvalue weighted by Gasteiger charge is -2.27. The number of phenolic OH excluding ortho intramolecular Hbond substituents is 1. The smallest absolute Gasteiger partial charge is 0.124 e. The molecule has 0 spiro atoms. The number of aryl methyl sites for hydroxylation is 1. The van der Waals surface area contributed by atoms with E-state index in [1.165, 1.54) is 23.3 Å². The quantitative estimate of drug-likeness (QED) is 0.742. The summed E-state index contributed by atoms with van der Waals surface area (Å²) in [6, 6.07) is 10.6. The van der Waals surface area contributed by atoms with Crippen molar-refractivity contribution in [1.29, 1.82) is 0 Å². The molecule has 0 radical (unpaired) electrons. The van der Waals surface area contributed by atoms with Crippen LogP contribution in [0.1, 0.15) is 30.0 Å². The van der Waals surface area contributed by atoms with Crippen molar-refractivity contribution in [3.05, 3.63) is 56.9 Å². The standard InChI is InChI=1S/C16H15FINO/c17-11-4-7-16(14(18)9-11)19-15-3-1-2-10-8-12(20)5-6-13(10)15/h4-9,15,19-20H,1-3H2. The Morgan fingerprint density at radius 1 is 1.20 bits per heavy atom. The van der Waals surface area contributed by atoms with E-state index in [0.29, 0.717) is 5.75 Å². The van der Waals surface area contributed by atoms with Gasteiger partial charge in [-0.25, -0.2) is 4.39 Å². The van der Waals surface area contributed by atoms with Crippen molar-refractivity contribution in [3.63, 3.8) is 0 Å². The molecule has 0 amide bonds. The third-order valence-electron chi connectivity index (χ3n) is 3.70. The Kier molecular flexibility index (Phi) is 3.83. The Bertz CT molecular complexity index is 644. The summed E-state index contributed by atoms with van der Waals surface area (Å²) >= 11 is 2.14. The summed E-state index contributed by atoms with van der Waals surface area (Å²) in [6.45, 7) is 0. The highest BCUT2D eigenvalue weighted by Gasteiger charge is 2.21. The fourth-order valence-corrected chi connectivity index (χ4v) is 3.38. The van der Waals surface area contributed by atoms with Crippen LogP contribution in [0, 0.1) is 9.39 Å². The molecule has 20 heavy (non-hydrogen) atoms. The highest BCUT2D eigenvalue weighted by Crippen LogP contribution is 2.35. The molecule has 4 heteroatoms. The van der Waals surface area contributed by atoms with Gasteiger partial charge in [-0.05, 0) is 83.3 Å². The van der Waals surface area contributed by atoms with Gasteiger partial charge >= 0.3 is 0 Å². The topological polar surface area (TPSA) is 32.3 Å². The number of benzene rings is 2. The number of nitrogens with one attached hydrogen (secondary N) is 1. The van der Waals surface area contributed by atoms with Crippen LogP contribution in [-0.2, 0) is 6.42 Å². The minimum absolute atomic E-state index is 0.214. The molecule has 2 N–H and O–H groups in total. The molecular weight excluding hydrogens is 368 g/mol. The molecule has 2 aromatic carbocycles. The molecule has 3 rings (SSSR count). The van der Waals surface area contributed by atoms with Gasteiger partial charge in [0.15, 0.2) is 0 Å². The summed E-state index contributed by atoms with van der Waals surface area (Å²) in [7, 11) is 0. The number of halogens is 2. The molecule has 0 bridgehead atoms. The molecule has 1 aliphatic rings. The second kappa shape index (κ2) is 5.60. The lowest BCUT2D eigenvalue weighted by molar-refractivity contribution is 0.472. The van der Waals surface area contributed by atoms with E-state index < -0.39 is 0 Å². The predicted octanol–water partition coefficient (Wildman–Crippen LogP) is 4.63. The molecule has 1 atom stereocenters. The van der Waals surface area contributed by atoms with Gasteiger partial charge in [-0.15, -0.1) is 0 Å². The normalized spacial score (nSPS) is 17.6. The van der Waals surface area contributed by atoms with E-state index >= 15 is 0 Å².